The predicted octanol–water partition coefficient (Wildman–Crippen LogP) is 2.11. The number of nitrogens with zero attached hydrogens (tertiary/aromatic N) is 1. The number of aromatic carboxylic acids is 1. The van der Waals surface area contributed by atoms with Crippen LogP contribution in [0.5, 0.6) is 0 Å². The molecule has 0 spiro atoms. The fourth-order valence-electron chi connectivity index (χ4n) is 1.66. The molecule has 0 aliphatic heterocycles. The Labute approximate surface area is 91.1 Å². The second kappa shape index (κ2) is 3.70. The van der Waals surface area contributed by atoms with Crippen LogP contribution in [0.3, 0.4) is 0 Å². The van der Waals surface area contributed by atoms with Crippen molar-refractivity contribution in [3.05, 3.63) is 35.8 Å². The molecule has 1 aromatic carbocycles. The Bertz CT molecular complexity index is 607. The van der Waals surface area contributed by atoms with Crippen molar-refractivity contribution in [2.24, 2.45) is 0 Å². The van der Waals surface area contributed by atoms with Gasteiger partial charge in [0, 0.05) is 11.6 Å². The van der Waals surface area contributed by atoms with E-state index < -0.39 is 11.8 Å². The molecule has 0 bridgehead atoms. The van der Waals surface area contributed by atoms with E-state index in [0.717, 1.165) is 0 Å². The molecule has 0 amide bonds. The van der Waals surface area contributed by atoms with Gasteiger partial charge in [0.2, 0.25) is 0 Å². The number of hydrogen-bond acceptors (Lipinski definition) is 1. The highest BCUT2D eigenvalue weighted by molar-refractivity contribution is 6.03. The summed E-state index contributed by atoms with van der Waals surface area (Å²) < 4.78 is 14.6. The van der Waals surface area contributed by atoms with Gasteiger partial charge in [-0.25, -0.2) is 9.18 Å². The summed E-state index contributed by atoms with van der Waals surface area (Å²) >= 11 is 0. The predicted molar refractivity (Wildman–Crippen MR) is 57.7 cm³/mol. The smallest absolute Gasteiger partial charge is 0.337 e. The van der Waals surface area contributed by atoms with Crippen LogP contribution in [0, 0.1) is 18.2 Å². The lowest BCUT2D eigenvalue weighted by Gasteiger charge is -1.98. The summed E-state index contributed by atoms with van der Waals surface area (Å²) in [6.07, 6.45) is 6.59. The van der Waals surface area contributed by atoms with Crippen molar-refractivity contribution in [2.75, 3.05) is 0 Å². The highest BCUT2D eigenvalue weighted by Crippen LogP contribution is 2.22. The number of carboxylic acids is 1. The quantitative estimate of drug-likeness (QED) is 0.783. The first-order chi connectivity index (χ1) is 7.63. The van der Waals surface area contributed by atoms with E-state index in [1.807, 2.05) is 0 Å². The van der Waals surface area contributed by atoms with Crippen molar-refractivity contribution in [1.29, 1.82) is 0 Å². The van der Waals surface area contributed by atoms with Gasteiger partial charge in [-0.3, -0.25) is 0 Å². The fourth-order valence-corrected chi connectivity index (χ4v) is 1.66. The average molecular weight is 217 g/mol. The van der Waals surface area contributed by atoms with Gasteiger partial charge in [0.25, 0.3) is 0 Å². The maximum atomic E-state index is 13.1. The number of aromatic nitrogens is 1. The highest BCUT2D eigenvalue weighted by Gasteiger charge is 2.13. The molecule has 0 saturated carbocycles. The molecule has 0 saturated heterocycles. The van der Waals surface area contributed by atoms with E-state index in [0.29, 0.717) is 10.9 Å². The first-order valence-corrected chi connectivity index (χ1v) is 4.58. The van der Waals surface area contributed by atoms with Gasteiger partial charge < -0.3 is 9.67 Å². The van der Waals surface area contributed by atoms with Crippen molar-refractivity contribution in [1.82, 2.24) is 4.57 Å². The van der Waals surface area contributed by atoms with Gasteiger partial charge in [-0.2, -0.15) is 0 Å². The number of carbonyl (C=O) groups is 1. The highest BCUT2D eigenvalue weighted by atomic mass is 19.1. The lowest BCUT2D eigenvalue weighted by molar-refractivity contribution is 0.0699. The second-order valence-electron chi connectivity index (χ2n) is 3.34. The number of rotatable bonds is 2. The Balaban J connectivity index is 2.77. The molecule has 0 atom stereocenters. The molecule has 0 fully saturated rings. The van der Waals surface area contributed by atoms with Crippen molar-refractivity contribution in [3.63, 3.8) is 0 Å². The van der Waals surface area contributed by atoms with E-state index in [4.69, 9.17) is 11.5 Å². The van der Waals surface area contributed by atoms with Crippen LogP contribution in [-0.4, -0.2) is 15.6 Å². The topological polar surface area (TPSA) is 42.2 Å². The normalized spacial score (nSPS) is 10.2. The third kappa shape index (κ3) is 1.52. The SMILES string of the molecule is C#CCn1cc(C(=O)O)c2ccc(F)cc21. The number of benzene rings is 1. The molecule has 16 heavy (non-hydrogen) atoms. The molecule has 1 aromatic heterocycles. The number of hydrogen-bond donors (Lipinski definition) is 1. The summed E-state index contributed by atoms with van der Waals surface area (Å²) in [4.78, 5) is 11.0. The van der Waals surface area contributed by atoms with Gasteiger partial charge in [0.05, 0.1) is 17.6 Å². The third-order valence-corrected chi connectivity index (χ3v) is 2.34. The Kier molecular flexibility index (Phi) is 2.37. The summed E-state index contributed by atoms with van der Waals surface area (Å²) in [6.45, 7) is 0.216. The van der Waals surface area contributed by atoms with Gasteiger partial charge in [-0.15, -0.1) is 6.42 Å². The lowest BCUT2D eigenvalue weighted by Crippen LogP contribution is -1.95. The summed E-state index contributed by atoms with van der Waals surface area (Å²) in [6, 6.07) is 3.95. The maximum Gasteiger partial charge on any atom is 0.337 e. The largest absolute Gasteiger partial charge is 0.478 e. The minimum atomic E-state index is -1.05. The van der Waals surface area contributed by atoms with Gasteiger partial charge in [-0.1, -0.05) is 5.92 Å². The monoisotopic (exact) mass is 217 g/mol. The molecular formula is C12H8FNO2. The summed E-state index contributed by atoms with van der Waals surface area (Å²) in [7, 11) is 0. The molecule has 0 unspecified atom stereocenters. The molecular weight excluding hydrogens is 209 g/mol. The van der Waals surface area contributed by atoms with E-state index in [9.17, 15) is 9.18 Å². The molecule has 2 aromatic rings. The molecule has 0 aliphatic carbocycles. The first-order valence-electron chi connectivity index (χ1n) is 4.58. The molecule has 0 aliphatic rings. The Morgan fingerprint density at radius 2 is 2.31 bits per heavy atom. The van der Waals surface area contributed by atoms with Crippen LogP contribution < -0.4 is 0 Å². The van der Waals surface area contributed by atoms with Crippen LogP contribution in [0.15, 0.2) is 24.4 Å². The van der Waals surface area contributed by atoms with Gasteiger partial charge in [0.1, 0.15) is 5.82 Å². The van der Waals surface area contributed by atoms with E-state index >= 15 is 0 Å². The van der Waals surface area contributed by atoms with Crippen LogP contribution in [0.4, 0.5) is 4.39 Å². The zero-order chi connectivity index (χ0) is 11.7. The van der Waals surface area contributed by atoms with Crippen molar-refractivity contribution in [3.8, 4) is 12.3 Å². The number of terminal acetylenes is 1. The zero-order valence-corrected chi connectivity index (χ0v) is 8.27. The van der Waals surface area contributed by atoms with Gasteiger partial charge in [0.15, 0.2) is 0 Å². The van der Waals surface area contributed by atoms with Crippen molar-refractivity contribution in [2.45, 2.75) is 6.54 Å². The lowest BCUT2D eigenvalue weighted by atomic mass is 10.2. The summed E-state index contributed by atoms with van der Waals surface area (Å²) in [5.74, 6) is 0.931. The molecule has 80 valence electrons. The van der Waals surface area contributed by atoms with Crippen LogP contribution in [0.25, 0.3) is 10.9 Å². The van der Waals surface area contributed by atoms with Crippen LogP contribution in [0.1, 0.15) is 10.4 Å². The summed E-state index contributed by atoms with van der Waals surface area (Å²) in [5, 5.41) is 9.46. The van der Waals surface area contributed by atoms with Crippen LogP contribution in [-0.2, 0) is 6.54 Å². The number of halogens is 1. The summed E-state index contributed by atoms with van der Waals surface area (Å²) in [5.41, 5.74) is 0.626. The van der Waals surface area contributed by atoms with Gasteiger partial charge in [-0.05, 0) is 18.2 Å². The van der Waals surface area contributed by atoms with E-state index in [-0.39, 0.29) is 12.1 Å². The minimum Gasteiger partial charge on any atom is -0.478 e. The Hall–Kier alpha value is -2.28. The first kappa shape index (κ1) is 10.2. The van der Waals surface area contributed by atoms with Crippen molar-refractivity contribution < 1.29 is 14.3 Å². The molecule has 4 heteroatoms. The Morgan fingerprint density at radius 1 is 1.56 bits per heavy atom. The van der Waals surface area contributed by atoms with E-state index in [1.54, 1.807) is 4.57 Å². The van der Waals surface area contributed by atoms with Crippen LogP contribution in [0.2, 0.25) is 0 Å². The molecule has 0 radical (unpaired) electrons. The molecule has 1 N–H and O–H groups in total. The number of fused-ring (bicyclic) bond motifs is 1. The standard InChI is InChI=1S/C12H8FNO2/c1-2-5-14-7-10(12(15)16)9-4-3-8(13)6-11(9)14/h1,3-4,6-7H,5H2,(H,15,16). The van der Waals surface area contributed by atoms with Crippen LogP contribution >= 0.6 is 0 Å². The molecule has 1 heterocycles. The zero-order valence-electron chi connectivity index (χ0n) is 8.27. The second-order valence-corrected chi connectivity index (χ2v) is 3.34. The van der Waals surface area contributed by atoms with E-state index in [1.165, 1.54) is 24.4 Å². The minimum absolute atomic E-state index is 0.130. The third-order valence-electron chi connectivity index (χ3n) is 2.34. The van der Waals surface area contributed by atoms with E-state index in [2.05, 4.69) is 5.92 Å². The van der Waals surface area contributed by atoms with Crippen molar-refractivity contribution >= 4 is 16.9 Å². The average Bonchev–Trinajstić information content (AvgIpc) is 2.58. The maximum absolute atomic E-state index is 13.1. The fraction of sp³-hybridized carbons (Fsp3) is 0.0833. The molecule has 3 nitrogen and oxygen atoms in total. The number of carboxylic acid groups (broad SMARTS) is 1. The van der Waals surface area contributed by atoms with Gasteiger partial charge >= 0.3 is 5.97 Å². The molecule has 2 rings (SSSR count). The Morgan fingerprint density at radius 3 is 2.94 bits per heavy atom.